The second-order valence-corrected chi connectivity index (χ2v) is 6.55. The van der Waals surface area contributed by atoms with Gasteiger partial charge in [0.15, 0.2) is 5.96 Å². The van der Waals surface area contributed by atoms with Crippen LogP contribution in [0.4, 0.5) is 0 Å². The molecule has 2 N–H and O–H groups in total. The van der Waals surface area contributed by atoms with Gasteiger partial charge in [0, 0.05) is 52.5 Å². The number of guanidine groups is 1. The number of ether oxygens (including phenoxy) is 3. The number of methoxy groups -OCH3 is 1. The van der Waals surface area contributed by atoms with Crippen molar-refractivity contribution in [3.63, 3.8) is 0 Å². The summed E-state index contributed by atoms with van der Waals surface area (Å²) in [6, 6.07) is 8.50. The third kappa shape index (κ3) is 5.88. The van der Waals surface area contributed by atoms with E-state index in [0.29, 0.717) is 6.61 Å². The van der Waals surface area contributed by atoms with E-state index in [1.807, 2.05) is 6.92 Å². The zero-order chi connectivity index (χ0) is 18.7. The average Bonchev–Trinajstić information content (AvgIpc) is 2.69. The average molecular weight is 364 g/mol. The quantitative estimate of drug-likeness (QED) is 0.401. The topological polar surface area (TPSA) is 64.1 Å². The highest BCUT2D eigenvalue weighted by Crippen LogP contribution is 2.35. The first-order valence-corrected chi connectivity index (χ1v) is 9.48. The smallest absolute Gasteiger partial charge is 0.191 e. The molecule has 1 fully saturated rings. The van der Waals surface area contributed by atoms with E-state index in [9.17, 15) is 0 Å². The van der Waals surface area contributed by atoms with E-state index in [-0.39, 0.29) is 5.41 Å². The number of nitrogens with zero attached hydrogens (tertiary/aromatic N) is 1. The molecule has 26 heavy (non-hydrogen) atoms. The van der Waals surface area contributed by atoms with Gasteiger partial charge in [-0.05, 0) is 43.9 Å². The Morgan fingerprint density at radius 2 is 1.92 bits per heavy atom. The molecule has 0 aromatic heterocycles. The molecule has 0 atom stereocenters. The van der Waals surface area contributed by atoms with Crippen molar-refractivity contribution in [2.45, 2.75) is 31.6 Å². The van der Waals surface area contributed by atoms with Crippen molar-refractivity contribution in [1.29, 1.82) is 0 Å². The molecule has 1 aromatic carbocycles. The van der Waals surface area contributed by atoms with Crippen LogP contribution in [-0.4, -0.2) is 59.6 Å². The monoisotopic (exact) mass is 363 g/mol. The van der Waals surface area contributed by atoms with Gasteiger partial charge in [-0.3, -0.25) is 4.99 Å². The molecule has 0 spiro atoms. The van der Waals surface area contributed by atoms with E-state index in [0.717, 1.165) is 63.9 Å². The van der Waals surface area contributed by atoms with Crippen LogP contribution in [0, 0.1) is 0 Å². The summed E-state index contributed by atoms with van der Waals surface area (Å²) < 4.78 is 16.3. The fourth-order valence-corrected chi connectivity index (χ4v) is 3.30. The van der Waals surface area contributed by atoms with Gasteiger partial charge in [-0.25, -0.2) is 0 Å². The van der Waals surface area contributed by atoms with Gasteiger partial charge in [-0.2, -0.15) is 0 Å². The van der Waals surface area contributed by atoms with Crippen LogP contribution in [0.1, 0.15) is 31.7 Å². The Labute approximate surface area is 157 Å². The normalized spacial score (nSPS) is 17.0. The van der Waals surface area contributed by atoms with Crippen molar-refractivity contribution in [2.75, 3.05) is 53.7 Å². The van der Waals surface area contributed by atoms with Crippen LogP contribution >= 0.6 is 0 Å². The number of nitrogens with one attached hydrogen (secondary N) is 2. The molecule has 6 nitrogen and oxygen atoms in total. The van der Waals surface area contributed by atoms with Gasteiger partial charge in [0.05, 0.1) is 6.61 Å². The van der Waals surface area contributed by atoms with Crippen LogP contribution < -0.4 is 15.4 Å². The molecular formula is C20H33N3O3. The lowest BCUT2D eigenvalue weighted by atomic mass is 9.74. The van der Waals surface area contributed by atoms with E-state index in [4.69, 9.17) is 14.2 Å². The van der Waals surface area contributed by atoms with Crippen LogP contribution in [-0.2, 0) is 14.9 Å². The largest absolute Gasteiger partial charge is 0.494 e. The van der Waals surface area contributed by atoms with Crippen molar-refractivity contribution >= 4 is 5.96 Å². The molecule has 1 aromatic rings. The third-order valence-corrected chi connectivity index (χ3v) is 4.86. The van der Waals surface area contributed by atoms with Gasteiger partial charge in [-0.15, -0.1) is 0 Å². The van der Waals surface area contributed by atoms with Crippen LogP contribution in [0.15, 0.2) is 29.3 Å². The highest BCUT2D eigenvalue weighted by atomic mass is 16.5. The second-order valence-electron chi connectivity index (χ2n) is 6.55. The maximum Gasteiger partial charge on any atom is 0.191 e. The Kier molecular flexibility index (Phi) is 8.71. The molecule has 2 rings (SSSR count). The van der Waals surface area contributed by atoms with Crippen molar-refractivity contribution in [2.24, 2.45) is 4.99 Å². The molecule has 0 unspecified atom stereocenters. The minimum Gasteiger partial charge on any atom is -0.494 e. The number of rotatable bonds is 9. The summed E-state index contributed by atoms with van der Waals surface area (Å²) in [4.78, 5) is 4.34. The summed E-state index contributed by atoms with van der Waals surface area (Å²) in [6.45, 7) is 6.68. The first-order valence-electron chi connectivity index (χ1n) is 9.48. The molecule has 0 aliphatic carbocycles. The Morgan fingerprint density at radius 3 is 2.54 bits per heavy atom. The lowest BCUT2D eigenvalue weighted by molar-refractivity contribution is 0.0513. The van der Waals surface area contributed by atoms with Gasteiger partial charge >= 0.3 is 0 Å². The van der Waals surface area contributed by atoms with Crippen LogP contribution in [0.5, 0.6) is 5.75 Å². The van der Waals surface area contributed by atoms with E-state index in [2.05, 4.69) is 39.9 Å². The fraction of sp³-hybridized carbons (Fsp3) is 0.650. The lowest BCUT2D eigenvalue weighted by Crippen LogP contribution is -2.48. The van der Waals surface area contributed by atoms with Crippen molar-refractivity contribution in [3.05, 3.63) is 29.8 Å². The number of aliphatic imine (C=N–C) groups is 1. The fourth-order valence-electron chi connectivity index (χ4n) is 3.30. The van der Waals surface area contributed by atoms with E-state index in [1.165, 1.54) is 5.56 Å². The highest BCUT2D eigenvalue weighted by Gasteiger charge is 2.34. The molecule has 1 heterocycles. The molecule has 1 aliphatic heterocycles. The summed E-state index contributed by atoms with van der Waals surface area (Å²) in [5, 5.41) is 6.85. The Bertz CT molecular complexity index is 540. The first-order chi connectivity index (χ1) is 12.7. The first kappa shape index (κ1) is 20.5. The van der Waals surface area contributed by atoms with Gasteiger partial charge in [-0.1, -0.05) is 12.1 Å². The van der Waals surface area contributed by atoms with Crippen LogP contribution in [0.25, 0.3) is 0 Å². The minimum atomic E-state index is 0.0488. The summed E-state index contributed by atoms with van der Waals surface area (Å²) in [5.74, 6) is 1.75. The van der Waals surface area contributed by atoms with Crippen LogP contribution in [0.3, 0.4) is 0 Å². The second kappa shape index (κ2) is 11.0. The molecule has 0 radical (unpaired) electrons. The molecule has 6 heteroatoms. The van der Waals surface area contributed by atoms with Gasteiger partial charge in [0.2, 0.25) is 0 Å². The maximum atomic E-state index is 5.62. The van der Waals surface area contributed by atoms with E-state index < -0.39 is 0 Å². The number of benzene rings is 1. The molecule has 0 amide bonds. The standard InChI is InChI=1S/C20H33N3O3/c1-4-26-18-8-6-17(7-9-18)20(10-14-25-15-11-20)16-23-19(21-2)22-12-5-13-24-3/h6-9H,4-5,10-16H2,1-3H3,(H2,21,22,23). The summed E-state index contributed by atoms with van der Waals surface area (Å²) >= 11 is 0. The van der Waals surface area contributed by atoms with Crippen molar-refractivity contribution in [3.8, 4) is 5.75 Å². The maximum absolute atomic E-state index is 5.62. The summed E-state index contributed by atoms with van der Waals surface area (Å²) in [5.41, 5.74) is 1.37. The van der Waals surface area contributed by atoms with Crippen molar-refractivity contribution in [1.82, 2.24) is 10.6 Å². The van der Waals surface area contributed by atoms with Crippen LogP contribution in [0.2, 0.25) is 0 Å². The SMILES string of the molecule is CCOc1ccc(C2(CNC(=NC)NCCCOC)CCOCC2)cc1. The van der Waals surface area contributed by atoms with Crippen molar-refractivity contribution < 1.29 is 14.2 Å². The van der Waals surface area contributed by atoms with E-state index >= 15 is 0 Å². The zero-order valence-corrected chi connectivity index (χ0v) is 16.3. The number of hydrogen-bond donors (Lipinski definition) is 2. The summed E-state index contributed by atoms with van der Waals surface area (Å²) in [6.07, 6.45) is 2.94. The minimum absolute atomic E-state index is 0.0488. The van der Waals surface area contributed by atoms with E-state index in [1.54, 1.807) is 14.2 Å². The third-order valence-electron chi connectivity index (χ3n) is 4.86. The summed E-state index contributed by atoms with van der Waals surface area (Å²) in [7, 11) is 3.53. The molecule has 1 aliphatic rings. The van der Waals surface area contributed by atoms with Gasteiger partial charge < -0.3 is 24.8 Å². The van der Waals surface area contributed by atoms with Gasteiger partial charge in [0.1, 0.15) is 5.75 Å². The predicted molar refractivity (Wildman–Crippen MR) is 105 cm³/mol. The Morgan fingerprint density at radius 1 is 1.19 bits per heavy atom. The molecule has 0 saturated carbocycles. The Balaban J connectivity index is 2.01. The van der Waals surface area contributed by atoms with Gasteiger partial charge in [0.25, 0.3) is 0 Å². The zero-order valence-electron chi connectivity index (χ0n) is 16.3. The molecule has 1 saturated heterocycles. The number of hydrogen-bond acceptors (Lipinski definition) is 4. The molecule has 0 bridgehead atoms. The molecule has 146 valence electrons. The predicted octanol–water partition coefficient (Wildman–Crippen LogP) is 2.33. The lowest BCUT2D eigenvalue weighted by Gasteiger charge is -2.38. The molecular weight excluding hydrogens is 330 g/mol. The highest BCUT2D eigenvalue weighted by molar-refractivity contribution is 5.79. The Hall–Kier alpha value is -1.79.